The van der Waals surface area contributed by atoms with Gasteiger partial charge in [-0.25, -0.2) is 9.59 Å². The summed E-state index contributed by atoms with van der Waals surface area (Å²) in [4.78, 5) is 29.9. The first kappa shape index (κ1) is 16.7. The van der Waals surface area contributed by atoms with E-state index in [1.807, 2.05) is 24.3 Å². The summed E-state index contributed by atoms with van der Waals surface area (Å²) in [7, 11) is 0. The van der Waals surface area contributed by atoms with Gasteiger partial charge < -0.3 is 20.8 Å². The maximum absolute atomic E-state index is 10.8. The van der Waals surface area contributed by atoms with Crippen molar-refractivity contribution in [2.45, 2.75) is 6.17 Å². The molecule has 0 saturated carbocycles. The van der Waals surface area contributed by atoms with Crippen LogP contribution in [0.3, 0.4) is 0 Å². The molecule has 4 N–H and O–H groups in total. The number of aliphatic imine (C=N–C) groups is 2. The lowest BCUT2D eigenvalue weighted by molar-refractivity contribution is -0.133. The van der Waals surface area contributed by atoms with Crippen LogP contribution in [0.15, 0.2) is 45.7 Å². The minimum atomic E-state index is -1.02. The van der Waals surface area contributed by atoms with Crippen molar-refractivity contribution < 1.29 is 19.8 Å². The van der Waals surface area contributed by atoms with Crippen LogP contribution in [0.1, 0.15) is 0 Å². The molecule has 3 heterocycles. The van der Waals surface area contributed by atoms with Crippen LogP contribution in [0.25, 0.3) is 12.2 Å². The van der Waals surface area contributed by atoms with Crippen molar-refractivity contribution in [3.05, 3.63) is 44.7 Å². The summed E-state index contributed by atoms with van der Waals surface area (Å²) < 4.78 is 1.91. The Kier molecular flexibility index (Phi) is 4.75. The highest BCUT2D eigenvalue weighted by Crippen LogP contribution is 2.01. The summed E-state index contributed by atoms with van der Waals surface area (Å²) in [6.07, 6.45) is 7.58. The van der Waals surface area contributed by atoms with Crippen LogP contribution in [-0.4, -0.2) is 46.9 Å². The summed E-state index contributed by atoms with van der Waals surface area (Å²) in [5.74, 6) is -1.41. The molecule has 1 aromatic heterocycles. The number of carboxylic acids is 2. The molecular weight excluding hydrogens is 344 g/mol. The first-order valence-corrected chi connectivity index (χ1v) is 8.08. The number of nitrogens with zero attached hydrogens (tertiary/aromatic N) is 2. The van der Waals surface area contributed by atoms with Crippen LogP contribution in [0.5, 0.6) is 0 Å². The van der Waals surface area contributed by atoms with E-state index >= 15 is 0 Å². The highest BCUT2D eigenvalue weighted by atomic mass is 32.1. The fraction of sp³-hybridized carbons (Fsp3) is 0.125. The first-order valence-electron chi connectivity index (χ1n) is 7.27. The lowest BCUT2D eigenvalue weighted by Gasteiger charge is -2.12. The molecule has 0 amide bonds. The number of carbonyl (C=O) groups is 2. The van der Waals surface area contributed by atoms with Gasteiger partial charge in [0.25, 0.3) is 0 Å². The molecule has 2 aliphatic rings. The molecule has 2 aliphatic heterocycles. The molecule has 3 rings (SSSR count). The Morgan fingerprint density at radius 2 is 2.00 bits per heavy atom. The highest BCUT2D eigenvalue weighted by Gasteiger charge is 2.12. The fourth-order valence-corrected chi connectivity index (χ4v) is 3.00. The van der Waals surface area contributed by atoms with E-state index in [1.54, 1.807) is 0 Å². The Morgan fingerprint density at radius 1 is 1.20 bits per heavy atom. The third-order valence-electron chi connectivity index (χ3n) is 3.37. The number of thiophene rings is 1. The Bertz CT molecular complexity index is 955. The lowest BCUT2D eigenvalue weighted by atomic mass is 10.2. The van der Waals surface area contributed by atoms with Gasteiger partial charge in [-0.05, 0) is 24.3 Å². The smallest absolute Gasteiger partial charge is 0.338 e. The molecule has 1 unspecified atom stereocenters. The molecule has 25 heavy (non-hydrogen) atoms. The van der Waals surface area contributed by atoms with Gasteiger partial charge in [-0.3, -0.25) is 9.98 Å². The minimum absolute atomic E-state index is 0.111. The fourth-order valence-electron chi connectivity index (χ4n) is 2.09. The maximum atomic E-state index is 10.8. The summed E-state index contributed by atoms with van der Waals surface area (Å²) in [5.41, 5.74) is 0.326. The van der Waals surface area contributed by atoms with Gasteiger partial charge in [0.05, 0.1) is 17.7 Å². The van der Waals surface area contributed by atoms with Crippen molar-refractivity contribution in [3.63, 3.8) is 0 Å². The number of hydrogen-bond donors (Lipinski definition) is 4. The lowest BCUT2D eigenvalue weighted by Crippen LogP contribution is -2.27. The normalized spacial score (nSPS) is 21.0. The molecular formula is C16H14N4O4S. The molecule has 0 bridgehead atoms. The molecule has 1 atom stereocenters. The van der Waals surface area contributed by atoms with Crippen molar-refractivity contribution in [1.29, 1.82) is 0 Å². The van der Waals surface area contributed by atoms with Crippen LogP contribution >= 0.6 is 11.3 Å². The molecule has 9 heteroatoms. The average Bonchev–Trinajstić information content (AvgIpc) is 3.02. The van der Waals surface area contributed by atoms with E-state index in [2.05, 4.69) is 20.6 Å². The van der Waals surface area contributed by atoms with E-state index in [1.165, 1.54) is 30.0 Å². The van der Waals surface area contributed by atoms with E-state index in [0.29, 0.717) is 5.84 Å². The number of aliphatic carboxylic acids is 2. The number of hydrogen-bond acceptors (Lipinski definition) is 7. The SMILES string of the molecule is O=C(O)C1=CNC(/C=c2\cc/c(=C\C3=NCC(C(=O)O)=CN3)s2)N=C1. The Morgan fingerprint density at radius 3 is 2.60 bits per heavy atom. The van der Waals surface area contributed by atoms with Gasteiger partial charge in [-0.15, -0.1) is 11.3 Å². The zero-order chi connectivity index (χ0) is 17.8. The number of nitrogens with one attached hydrogen (secondary N) is 2. The summed E-state index contributed by atoms with van der Waals surface area (Å²) >= 11 is 1.51. The number of amidine groups is 1. The van der Waals surface area contributed by atoms with Crippen molar-refractivity contribution in [1.82, 2.24) is 10.6 Å². The van der Waals surface area contributed by atoms with E-state index < -0.39 is 11.9 Å². The van der Waals surface area contributed by atoms with Crippen LogP contribution in [0, 0.1) is 0 Å². The Labute approximate surface area is 145 Å². The van der Waals surface area contributed by atoms with Crippen LogP contribution in [-0.2, 0) is 9.59 Å². The van der Waals surface area contributed by atoms with Crippen LogP contribution < -0.4 is 19.7 Å². The monoisotopic (exact) mass is 358 g/mol. The largest absolute Gasteiger partial charge is 0.478 e. The third kappa shape index (κ3) is 4.21. The molecule has 0 radical (unpaired) electrons. The summed E-state index contributed by atoms with van der Waals surface area (Å²) in [6, 6.07) is 3.84. The molecule has 0 spiro atoms. The van der Waals surface area contributed by atoms with Gasteiger partial charge in [-0.2, -0.15) is 0 Å². The van der Waals surface area contributed by atoms with Gasteiger partial charge in [-0.1, -0.05) is 0 Å². The van der Waals surface area contributed by atoms with E-state index in [0.717, 1.165) is 9.06 Å². The van der Waals surface area contributed by atoms with E-state index in [4.69, 9.17) is 10.2 Å². The van der Waals surface area contributed by atoms with Gasteiger partial charge in [0, 0.05) is 27.7 Å². The van der Waals surface area contributed by atoms with E-state index in [9.17, 15) is 9.59 Å². The Hall–Kier alpha value is -3.20. The summed E-state index contributed by atoms with van der Waals surface area (Å²) in [5, 5.41) is 23.5. The summed E-state index contributed by atoms with van der Waals surface area (Å²) in [6.45, 7) is 0.136. The maximum Gasteiger partial charge on any atom is 0.338 e. The molecule has 8 nitrogen and oxygen atoms in total. The highest BCUT2D eigenvalue weighted by molar-refractivity contribution is 7.07. The second-order valence-electron chi connectivity index (χ2n) is 5.17. The minimum Gasteiger partial charge on any atom is -0.478 e. The molecule has 1 aromatic rings. The predicted octanol–water partition coefficient (Wildman–Crippen LogP) is -0.752. The van der Waals surface area contributed by atoms with Gasteiger partial charge in [0.1, 0.15) is 12.0 Å². The zero-order valence-electron chi connectivity index (χ0n) is 12.8. The molecule has 0 aliphatic carbocycles. The van der Waals surface area contributed by atoms with E-state index in [-0.39, 0.29) is 23.9 Å². The zero-order valence-corrected chi connectivity index (χ0v) is 13.7. The molecule has 0 aromatic carbocycles. The van der Waals surface area contributed by atoms with Gasteiger partial charge in [0.2, 0.25) is 0 Å². The predicted molar refractivity (Wildman–Crippen MR) is 94.8 cm³/mol. The topological polar surface area (TPSA) is 123 Å². The van der Waals surface area contributed by atoms with Crippen molar-refractivity contribution in [3.8, 4) is 0 Å². The van der Waals surface area contributed by atoms with Gasteiger partial charge >= 0.3 is 11.9 Å². The number of carboxylic acid groups (broad SMARTS) is 2. The number of rotatable bonds is 4. The first-order chi connectivity index (χ1) is 12.0. The van der Waals surface area contributed by atoms with Crippen LogP contribution in [0.2, 0.25) is 0 Å². The van der Waals surface area contributed by atoms with Crippen molar-refractivity contribution in [2.75, 3.05) is 6.54 Å². The van der Waals surface area contributed by atoms with Crippen molar-refractivity contribution >= 4 is 47.5 Å². The quantitative estimate of drug-likeness (QED) is 0.561. The molecule has 0 saturated heterocycles. The standard InChI is InChI=1S/C16H14N4O4S/c21-15(22)9-5-17-13(18-6-9)3-11-1-2-12(25-11)4-14-19-7-10(8-20-14)16(23)24/h1-7,13,17H,8H2,(H,19,20)(H,21,22)(H,23,24)/b11-3+,12-4+. The Balaban J connectivity index is 1.70. The van der Waals surface area contributed by atoms with Crippen molar-refractivity contribution in [2.24, 2.45) is 9.98 Å². The van der Waals surface area contributed by atoms with Crippen LogP contribution in [0.4, 0.5) is 0 Å². The average molecular weight is 358 g/mol. The molecule has 0 fully saturated rings. The van der Waals surface area contributed by atoms with Gasteiger partial charge in [0.15, 0.2) is 0 Å². The second kappa shape index (κ2) is 7.14. The molecule has 128 valence electrons. The second-order valence-corrected chi connectivity index (χ2v) is 6.31. The third-order valence-corrected chi connectivity index (χ3v) is 4.37.